The van der Waals surface area contributed by atoms with Gasteiger partial charge in [-0.1, -0.05) is 42.5 Å². The molecule has 0 radical (unpaired) electrons. The maximum atomic E-state index is 12.4. The Bertz CT molecular complexity index is 768. The topological polar surface area (TPSA) is 49.9 Å². The molecule has 0 N–H and O–H groups in total. The fourth-order valence-electron chi connectivity index (χ4n) is 3.20. The molecule has 0 aliphatic carbocycles. The molecule has 2 aromatic carbocycles. The number of hydrogen-bond acceptors (Lipinski definition) is 3. The average molecular weight is 366 g/mol. The number of piperazine rings is 1. The Kier molecular flexibility index (Phi) is 6.47. The zero-order valence-electron chi connectivity index (χ0n) is 15.8. The Morgan fingerprint density at radius 2 is 1.56 bits per heavy atom. The average Bonchev–Trinajstić information content (AvgIpc) is 2.71. The van der Waals surface area contributed by atoms with Crippen molar-refractivity contribution >= 4 is 11.8 Å². The first-order valence-electron chi connectivity index (χ1n) is 9.41. The third-order valence-corrected chi connectivity index (χ3v) is 4.81. The van der Waals surface area contributed by atoms with E-state index in [0.717, 1.165) is 12.0 Å². The molecule has 1 fully saturated rings. The van der Waals surface area contributed by atoms with Crippen molar-refractivity contribution in [2.24, 2.45) is 0 Å². The number of amides is 2. The molecule has 0 unspecified atom stereocenters. The minimum absolute atomic E-state index is 0.0331. The van der Waals surface area contributed by atoms with Crippen LogP contribution in [0.4, 0.5) is 0 Å². The lowest BCUT2D eigenvalue weighted by Crippen LogP contribution is -2.51. The minimum atomic E-state index is -0.0344. The molecule has 27 heavy (non-hydrogen) atoms. The van der Waals surface area contributed by atoms with Crippen LogP contribution in [0.5, 0.6) is 5.75 Å². The van der Waals surface area contributed by atoms with Crippen molar-refractivity contribution in [3.05, 3.63) is 65.7 Å². The van der Waals surface area contributed by atoms with Crippen LogP contribution in [0.1, 0.15) is 17.5 Å². The highest BCUT2D eigenvalue weighted by Crippen LogP contribution is 2.13. The maximum Gasteiger partial charge on any atom is 0.260 e. The standard InChI is InChI=1S/C22H26N2O3/c1-18-6-5-9-20(16-18)27-17-22(26)24-14-12-23(13-15-24)21(25)11-10-19-7-3-2-4-8-19/h2-9,16H,10-15,17H2,1H3. The van der Waals surface area contributed by atoms with Crippen LogP contribution < -0.4 is 4.74 Å². The summed E-state index contributed by atoms with van der Waals surface area (Å²) in [5.41, 5.74) is 2.27. The number of hydrogen-bond donors (Lipinski definition) is 0. The Labute approximate surface area is 160 Å². The third kappa shape index (κ3) is 5.58. The number of ether oxygens (including phenoxy) is 1. The van der Waals surface area contributed by atoms with Crippen LogP contribution >= 0.6 is 0 Å². The van der Waals surface area contributed by atoms with E-state index in [0.29, 0.717) is 38.3 Å². The lowest BCUT2D eigenvalue weighted by Gasteiger charge is -2.34. The molecule has 1 aliphatic heterocycles. The van der Waals surface area contributed by atoms with E-state index in [4.69, 9.17) is 4.74 Å². The Balaban J connectivity index is 1.40. The molecule has 142 valence electrons. The summed E-state index contributed by atoms with van der Waals surface area (Å²) < 4.78 is 5.59. The fraction of sp³-hybridized carbons (Fsp3) is 0.364. The van der Waals surface area contributed by atoms with Crippen molar-refractivity contribution in [2.45, 2.75) is 19.8 Å². The van der Waals surface area contributed by atoms with E-state index in [1.807, 2.05) is 66.4 Å². The second-order valence-corrected chi connectivity index (χ2v) is 6.85. The second kappa shape index (κ2) is 9.21. The van der Waals surface area contributed by atoms with Crippen molar-refractivity contribution < 1.29 is 14.3 Å². The first kappa shape index (κ1) is 19.0. The van der Waals surface area contributed by atoms with Crippen molar-refractivity contribution in [1.29, 1.82) is 0 Å². The lowest BCUT2D eigenvalue weighted by atomic mass is 10.1. The van der Waals surface area contributed by atoms with Gasteiger partial charge in [-0.05, 0) is 36.6 Å². The third-order valence-electron chi connectivity index (χ3n) is 4.81. The molecule has 1 aliphatic rings. The number of rotatable bonds is 6. The number of benzene rings is 2. The highest BCUT2D eigenvalue weighted by molar-refractivity contribution is 5.79. The summed E-state index contributed by atoms with van der Waals surface area (Å²) >= 11 is 0. The van der Waals surface area contributed by atoms with E-state index in [1.165, 1.54) is 5.56 Å². The number of carbonyl (C=O) groups is 2. The molecule has 0 aromatic heterocycles. The van der Waals surface area contributed by atoms with Gasteiger partial charge in [-0.15, -0.1) is 0 Å². The van der Waals surface area contributed by atoms with Gasteiger partial charge in [-0.2, -0.15) is 0 Å². The van der Waals surface area contributed by atoms with E-state index < -0.39 is 0 Å². The monoisotopic (exact) mass is 366 g/mol. The Morgan fingerprint density at radius 1 is 0.889 bits per heavy atom. The molecule has 0 saturated carbocycles. The smallest absolute Gasteiger partial charge is 0.260 e. The van der Waals surface area contributed by atoms with Crippen LogP contribution in [-0.2, 0) is 16.0 Å². The van der Waals surface area contributed by atoms with Gasteiger partial charge in [-0.3, -0.25) is 9.59 Å². The van der Waals surface area contributed by atoms with E-state index in [2.05, 4.69) is 0 Å². The van der Waals surface area contributed by atoms with Crippen LogP contribution in [0.3, 0.4) is 0 Å². The van der Waals surface area contributed by atoms with E-state index in [1.54, 1.807) is 4.90 Å². The zero-order chi connectivity index (χ0) is 19.1. The highest BCUT2D eigenvalue weighted by atomic mass is 16.5. The molecule has 5 nitrogen and oxygen atoms in total. The van der Waals surface area contributed by atoms with Crippen molar-refractivity contribution in [3.63, 3.8) is 0 Å². The number of aryl methyl sites for hydroxylation is 2. The second-order valence-electron chi connectivity index (χ2n) is 6.85. The molecule has 2 amide bonds. The molecule has 0 bridgehead atoms. The van der Waals surface area contributed by atoms with Gasteiger partial charge < -0.3 is 14.5 Å². The summed E-state index contributed by atoms with van der Waals surface area (Å²) in [4.78, 5) is 28.4. The SMILES string of the molecule is Cc1cccc(OCC(=O)N2CCN(C(=O)CCc3ccccc3)CC2)c1. The van der Waals surface area contributed by atoms with Crippen LogP contribution in [-0.4, -0.2) is 54.4 Å². The molecule has 2 aromatic rings. The molecule has 5 heteroatoms. The van der Waals surface area contributed by atoms with Gasteiger partial charge in [0, 0.05) is 32.6 Å². The van der Waals surface area contributed by atoms with Crippen LogP contribution in [0, 0.1) is 6.92 Å². The summed E-state index contributed by atoms with van der Waals surface area (Å²) in [5, 5.41) is 0. The zero-order valence-corrected chi connectivity index (χ0v) is 15.8. The molecule has 0 atom stereocenters. The quantitative estimate of drug-likeness (QED) is 0.790. The molecule has 3 rings (SSSR count). The molecule has 1 heterocycles. The largest absolute Gasteiger partial charge is 0.484 e. The van der Waals surface area contributed by atoms with E-state index >= 15 is 0 Å². The van der Waals surface area contributed by atoms with E-state index in [9.17, 15) is 9.59 Å². The summed E-state index contributed by atoms with van der Waals surface area (Å²) in [7, 11) is 0. The van der Waals surface area contributed by atoms with E-state index in [-0.39, 0.29) is 18.4 Å². The summed E-state index contributed by atoms with van der Waals surface area (Å²) in [5.74, 6) is 0.827. The van der Waals surface area contributed by atoms with Crippen LogP contribution in [0.25, 0.3) is 0 Å². The van der Waals surface area contributed by atoms with Gasteiger partial charge in [0.15, 0.2) is 6.61 Å². The predicted molar refractivity (Wildman–Crippen MR) is 105 cm³/mol. The van der Waals surface area contributed by atoms with Gasteiger partial charge in [0.2, 0.25) is 5.91 Å². The predicted octanol–water partition coefficient (Wildman–Crippen LogP) is 2.68. The summed E-state index contributed by atoms with van der Waals surface area (Å²) in [6.45, 7) is 4.32. The highest BCUT2D eigenvalue weighted by Gasteiger charge is 2.24. The van der Waals surface area contributed by atoms with Crippen molar-refractivity contribution in [2.75, 3.05) is 32.8 Å². The first-order chi connectivity index (χ1) is 13.1. The van der Waals surface area contributed by atoms with Crippen molar-refractivity contribution in [3.8, 4) is 5.75 Å². The molecular weight excluding hydrogens is 340 g/mol. The fourth-order valence-corrected chi connectivity index (χ4v) is 3.20. The van der Waals surface area contributed by atoms with Gasteiger partial charge in [0.25, 0.3) is 5.91 Å². The van der Waals surface area contributed by atoms with Crippen molar-refractivity contribution in [1.82, 2.24) is 9.80 Å². The Morgan fingerprint density at radius 3 is 2.22 bits per heavy atom. The van der Waals surface area contributed by atoms with Gasteiger partial charge in [0.05, 0.1) is 0 Å². The molecule has 1 saturated heterocycles. The van der Waals surface area contributed by atoms with Gasteiger partial charge in [-0.25, -0.2) is 0 Å². The van der Waals surface area contributed by atoms with Crippen LogP contribution in [0.15, 0.2) is 54.6 Å². The van der Waals surface area contributed by atoms with Crippen LogP contribution in [0.2, 0.25) is 0 Å². The first-order valence-corrected chi connectivity index (χ1v) is 9.41. The number of nitrogens with zero attached hydrogens (tertiary/aromatic N) is 2. The molecular formula is C22H26N2O3. The van der Waals surface area contributed by atoms with Gasteiger partial charge in [0.1, 0.15) is 5.75 Å². The van der Waals surface area contributed by atoms with Gasteiger partial charge >= 0.3 is 0 Å². The maximum absolute atomic E-state index is 12.4. The molecule has 0 spiro atoms. The normalized spacial score (nSPS) is 14.1. The number of carbonyl (C=O) groups excluding carboxylic acids is 2. The summed E-state index contributed by atoms with van der Waals surface area (Å²) in [6.07, 6.45) is 1.26. The summed E-state index contributed by atoms with van der Waals surface area (Å²) in [6, 6.07) is 17.7. The minimum Gasteiger partial charge on any atom is -0.484 e. The lowest BCUT2D eigenvalue weighted by molar-refractivity contribution is -0.140. The Hall–Kier alpha value is -2.82.